The van der Waals surface area contributed by atoms with Gasteiger partial charge in [0.15, 0.2) is 11.5 Å². The van der Waals surface area contributed by atoms with Crippen molar-refractivity contribution in [1.29, 1.82) is 0 Å². The van der Waals surface area contributed by atoms with Gasteiger partial charge in [-0.15, -0.1) is 0 Å². The average Bonchev–Trinajstić information content (AvgIpc) is 2.82. The number of nitrogens with one attached hydrogen (secondary N) is 1. The normalized spacial score (nSPS) is 16.1. The van der Waals surface area contributed by atoms with Gasteiger partial charge in [0.05, 0.1) is 7.11 Å². The predicted molar refractivity (Wildman–Crippen MR) is 130 cm³/mol. The van der Waals surface area contributed by atoms with E-state index in [-0.39, 0.29) is 6.61 Å². The van der Waals surface area contributed by atoms with Crippen molar-refractivity contribution in [2.75, 3.05) is 59.5 Å². The molecule has 1 aliphatic rings. The van der Waals surface area contributed by atoms with Crippen LogP contribution in [0.2, 0.25) is 0 Å². The third kappa shape index (κ3) is 7.48. The first-order chi connectivity index (χ1) is 15.6. The largest absolute Gasteiger partial charge is 0.493 e. The number of ether oxygens (including phenoxy) is 2. The number of benzene rings is 2. The smallest absolute Gasteiger partial charge is 0.161 e. The molecule has 1 heterocycles. The summed E-state index contributed by atoms with van der Waals surface area (Å²) in [5.74, 6) is 1.37. The minimum absolute atomic E-state index is 0.262. The molecule has 1 saturated heterocycles. The number of hydrogen-bond donors (Lipinski definition) is 2. The quantitative estimate of drug-likeness (QED) is 0.494. The molecule has 2 aromatic carbocycles. The Bertz CT molecular complexity index is 822. The van der Waals surface area contributed by atoms with Crippen LogP contribution in [0.1, 0.15) is 23.6 Å². The van der Waals surface area contributed by atoms with Crippen molar-refractivity contribution in [3.05, 3.63) is 59.2 Å². The summed E-state index contributed by atoms with van der Waals surface area (Å²) in [5.41, 5.74) is 3.86. The number of aliphatic hydroxyl groups excluding tert-OH is 1. The number of nitrogens with zero attached hydrogens (tertiary/aromatic N) is 2. The fourth-order valence-corrected chi connectivity index (χ4v) is 4.11. The Hall–Kier alpha value is -2.12. The summed E-state index contributed by atoms with van der Waals surface area (Å²) in [5, 5.41) is 13.9. The van der Waals surface area contributed by atoms with Crippen LogP contribution in [0, 0.1) is 6.92 Å². The molecular weight excluding hydrogens is 402 g/mol. The van der Waals surface area contributed by atoms with Gasteiger partial charge in [0.2, 0.25) is 0 Å². The average molecular weight is 442 g/mol. The van der Waals surface area contributed by atoms with Crippen LogP contribution in [0.5, 0.6) is 11.5 Å². The van der Waals surface area contributed by atoms with E-state index in [1.54, 1.807) is 7.11 Å². The molecule has 2 aromatic rings. The van der Waals surface area contributed by atoms with Gasteiger partial charge in [0.25, 0.3) is 0 Å². The molecule has 2 N–H and O–H groups in total. The molecule has 0 spiro atoms. The molecule has 0 aromatic heterocycles. The Morgan fingerprint density at radius 2 is 1.78 bits per heavy atom. The first-order valence-electron chi connectivity index (χ1n) is 11.8. The lowest BCUT2D eigenvalue weighted by molar-refractivity contribution is 0.0464. The lowest BCUT2D eigenvalue weighted by Gasteiger charge is -2.34. The number of aliphatic hydroxyl groups is 1. The van der Waals surface area contributed by atoms with Gasteiger partial charge >= 0.3 is 0 Å². The molecule has 0 aliphatic carbocycles. The van der Waals surface area contributed by atoms with Gasteiger partial charge in [-0.2, -0.15) is 0 Å². The highest BCUT2D eigenvalue weighted by atomic mass is 16.5. The fourth-order valence-electron chi connectivity index (χ4n) is 4.11. The number of piperazine rings is 1. The highest BCUT2D eigenvalue weighted by Crippen LogP contribution is 2.28. The molecule has 6 nitrogen and oxygen atoms in total. The van der Waals surface area contributed by atoms with Crippen LogP contribution in [0.25, 0.3) is 0 Å². The summed E-state index contributed by atoms with van der Waals surface area (Å²) in [4.78, 5) is 4.74. The first-order valence-corrected chi connectivity index (χ1v) is 11.8. The van der Waals surface area contributed by atoms with Crippen LogP contribution in [0.3, 0.4) is 0 Å². The topological polar surface area (TPSA) is 57.2 Å². The Kier molecular flexibility index (Phi) is 9.81. The Morgan fingerprint density at radius 3 is 2.50 bits per heavy atom. The highest BCUT2D eigenvalue weighted by Gasteiger charge is 2.19. The SMILES string of the molecule is CCN1CCN(CC(O)COc2ccc(CNCCc3ccccc3C)cc2OC)CC1. The van der Waals surface area contributed by atoms with Gasteiger partial charge in [-0.3, -0.25) is 4.90 Å². The van der Waals surface area contributed by atoms with E-state index in [9.17, 15) is 5.11 Å². The Labute approximate surface area is 193 Å². The van der Waals surface area contributed by atoms with E-state index < -0.39 is 6.10 Å². The molecule has 0 saturated carbocycles. The molecule has 176 valence electrons. The van der Waals surface area contributed by atoms with Crippen molar-refractivity contribution in [2.24, 2.45) is 0 Å². The van der Waals surface area contributed by atoms with Crippen molar-refractivity contribution in [2.45, 2.75) is 32.9 Å². The number of hydrogen-bond acceptors (Lipinski definition) is 6. The molecule has 32 heavy (non-hydrogen) atoms. The molecule has 0 bridgehead atoms. The van der Waals surface area contributed by atoms with E-state index in [0.29, 0.717) is 18.0 Å². The predicted octanol–water partition coefficient (Wildman–Crippen LogP) is 2.71. The maximum atomic E-state index is 10.4. The van der Waals surface area contributed by atoms with Crippen molar-refractivity contribution in [3.63, 3.8) is 0 Å². The van der Waals surface area contributed by atoms with Crippen LogP contribution in [-0.2, 0) is 13.0 Å². The monoisotopic (exact) mass is 441 g/mol. The van der Waals surface area contributed by atoms with E-state index in [1.165, 1.54) is 11.1 Å². The van der Waals surface area contributed by atoms with Crippen molar-refractivity contribution in [1.82, 2.24) is 15.1 Å². The highest BCUT2D eigenvalue weighted by molar-refractivity contribution is 5.43. The minimum atomic E-state index is -0.518. The number of likely N-dealkylation sites (N-methyl/N-ethyl adjacent to an activating group) is 1. The summed E-state index contributed by atoms with van der Waals surface area (Å²) in [6.07, 6.45) is 0.492. The van der Waals surface area contributed by atoms with Crippen molar-refractivity contribution >= 4 is 0 Å². The molecule has 0 radical (unpaired) electrons. The number of β-amino-alcohol motifs (C(OH)–C–C–N with tert-alkyl or cyclic N) is 1. The summed E-state index contributed by atoms with van der Waals surface area (Å²) < 4.78 is 11.4. The van der Waals surface area contributed by atoms with E-state index in [1.807, 2.05) is 12.1 Å². The second-order valence-corrected chi connectivity index (χ2v) is 8.54. The first kappa shape index (κ1) is 24.5. The molecule has 1 aliphatic heterocycles. The van der Waals surface area contributed by atoms with Crippen molar-refractivity contribution < 1.29 is 14.6 Å². The summed E-state index contributed by atoms with van der Waals surface area (Å²) in [7, 11) is 1.65. The van der Waals surface area contributed by atoms with E-state index >= 15 is 0 Å². The second-order valence-electron chi connectivity index (χ2n) is 8.54. The van der Waals surface area contributed by atoms with E-state index in [0.717, 1.165) is 57.8 Å². The van der Waals surface area contributed by atoms with E-state index in [4.69, 9.17) is 9.47 Å². The van der Waals surface area contributed by atoms with Gasteiger partial charge in [0, 0.05) is 39.3 Å². The zero-order chi connectivity index (χ0) is 22.8. The number of rotatable bonds is 12. The van der Waals surface area contributed by atoms with Crippen LogP contribution < -0.4 is 14.8 Å². The second kappa shape index (κ2) is 12.8. The molecule has 1 fully saturated rings. The number of aryl methyl sites for hydroxylation is 1. The molecule has 3 rings (SSSR count). The Balaban J connectivity index is 1.41. The zero-order valence-electron chi connectivity index (χ0n) is 19.8. The minimum Gasteiger partial charge on any atom is -0.493 e. The standard InChI is InChI=1S/C26H39N3O3/c1-4-28-13-15-29(16-14-28)19-24(30)20-32-25-10-9-22(17-26(25)31-3)18-27-12-11-23-8-6-5-7-21(23)2/h5-10,17,24,27,30H,4,11-16,18-20H2,1-3H3. The van der Waals surface area contributed by atoms with Crippen LogP contribution in [0.4, 0.5) is 0 Å². The summed E-state index contributed by atoms with van der Waals surface area (Å²) in [6, 6.07) is 14.5. The van der Waals surface area contributed by atoms with Gasteiger partial charge in [0.1, 0.15) is 12.7 Å². The van der Waals surface area contributed by atoms with E-state index in [2.05, 4.69) is 59.3 Å². The molecular formula is C26H39N3O3. The maximum Gasteiger partial charge on any atom is 0.161 e. The number of methoxy groups -OCH3 is 1. The third-order valence-corrected chi connectivity index (χ3v) is 6.20. The van der Waals surface area contributed by atoms with Crippen LogP contribution in [0.15, 0.2) is 42.5 Å². The molecule has 1 unspecified atom stereocenters. The van der Waals surface area contributed by atoms with Crippen molar-refractivity contribution in [3.8, 4) is 11.5 Å². The Morgan fingerprint density at radius 1 is 1.03 bits per heavy atom. The summed E-state index contributed by atoms with van der Waals surface area (Å²) >= 11 is 0. The zero-order valence-corrected chi connectivity index (χ0v) is 19.8. The molecule has 0 amide bonds. The third-order valence-electron chi connectivity index (χ3n) is 6.20. The van der Waals surface area contributed by atoms with Gasteiger partial charge in [-0.1, -0.05) is 37.3 Å². The molecule has 1 atom stereocenters. The maximum absolute atomic E-state index is 10.4. The van der Waals surface area contributed by atoms with Gasteiger partial charge in [-0.05, 0) is 55.3 Å². The van der Waals surface area contributed by atoms with Crippen LogP contribution in [-0.4, -0.2) is 80.5 Å². The lowest BCUT2D eigenvalue weighted by Crippen LogP contribution is -2.49. The lowest BCUT2D eigenvalue weighted by atomic mass is 10.1. The van der Waals surface area contributed by atoms with Crippen LogP contribution >= 0.6 is 0 Å². The molecule has 6 heteroatoms. The fraction of sp³-hybridized carbons (Fsp3) is 0.538. The van der Waals surface area contributed by atoms with Gasteiger partial charge in [-0.25, -0.2) is 0 Å². The summed E-state index contributed by atoms with van der Waals surface area (Å²) in [6.45, 7) is 12.2. The van der Waals surface area contributed by atoms with Gasteiger partial charge < -0.3 is 24.8 Å².